The lowest BCUT2D eigenvalue weighted by atomic mass is 9.70. The Labute approximate surface area is 208 Å². The van der Waals surface area contributed by atoms with Gasteiger partial charge in [0.25, 0.3) is 11.9 Å². The van der Waals surface area contributed by atoms with Crippen LogP contribution in [0.25, 0.3) is 0 Å². The number of halogens is 2. The summed E-state index contributed by atoms with van der Waals surface area (Å²) in [5.41, 5.74) is -2.12. The number of amides is 2. The summed E-state index contributed by atoms with van der Waals surface area (Å²) < 4.78 is 11.0. The van der Waals surface area contributed by atoms with Gasteiger partial charge in [-0.15, -0.1) is 0 Å². The van der Waals surface area contributed by atoms with Crippen molar-refractivity contribution in [1.82, 2.24) is 10.6 Å². The van der Waals surface area contributed by atoms with Crippen LogP contribution >= 0.6 is 27.5 Å². The largest absolute Gasteiger partial charge is 0.552 e. The molecule has 11 nitrogen and oxygen atoms in total. The predicted octanol–water partition coefficient (Wildman–Crippen LogP) is 1.65. The molecule has 0 saturated carbocycles. The number of carbonyl (C=O) groups is 5. The fourth-order valence-electron chi connectivity index (χ4n) is 3.34. The minimum Gasteiger partial charge on any atom is -0.508 e. The molecule has 0 radical (unpaired) electrons. The van der Waals surface area contributed by atoms with Crippen LogP contribution in [0.15, 0.2) is 22.7 Å². The molecule has 0 aliphatic carbocycles. The normalized spacial score (nSPS) is 18.7. The highest BCUT2D eigenvalue weighted by Gasteiger charge is 2.54. The maximum atomic E-state index is 12.5. The fraction of sp³-hybridized carbons (Fsp3) is 0.450. The van der Waals surface area contributed by atoms with Crippen molar-refractivity contribution in [2.24, 2.45) is 5.92 Å². The van der Waals surface area contributed by atoms with Crippen LogP contribution in [0.2, 0.25) is 5.02 Å². The van der Waals surface area contributed by atoms with Gasteiger partial charge in [-0.1, -0.05) is 25.4 Å². The van der Waals surface area contributed by atoms with Crippen molar-refractivity contribution in [3.63, 3.8) is 0 Å². The van der Waals surface area contributed by atoms with Crippen molar-refractivity contribution in [2.45, 2.75) is 44.7 Å². The van der Waals surface area contributed by atoms with Crippen molar-refractivity contribution in [2.75, 3.05) is 6.54 Å². The predicted molar refractivity (Wildman–Crippen MR) is 123 cm³/mol. The highest BCUT2D eigenvalue weighted by Crippen LogP contribution is 2.30. The zero-order valence-electron chi connectivity index (χ0n) is 18.3. The first kappa shape index (κ1) is 27.6. The van der Waals surface area contributed by atoms with Crippen LogP contribution in [0.1, 0.15) is 43.5 Å². The summed E-state index contributed by atoms with van der Waals surface area (Å²) in [6, 6.07) is 4.58. The van der Waals surface area contributed by atoms with E-state index >= 15 is 0 Å². The molecule has 1 saturated heterocycles. The van der Waals surface area contributed by atoms with E-state index in [4.69, 9.17) is 26.0 Å². The Morgan fingerprint density at radius 2 is 1.94 bits per heavy atom. The number of hydrogen-bond acceptors (Lipinski definition) is 7. The summed E-state index contributed by atoms with van der Waals surface area (Å²) in [6.45, 7) is 3.17. The summed E-state index contributed by atoms with van der Waals surface area (Å²) in [5.74, 6) is -6.37. The molecule has 2 rings (SSSR count). The summed E-state index contributed by atoms with van der Waals surface area (Å²) in [4.78, 5) is 60.1. The van der Waals surface area contributed by atoms with Gasteiger partial charge in [0.1, 0.15) is 0 Å². The van der Waals surface area contributed by atoms with E-state index in [0.29, 0.717) is 9.50 Å². The fourth-order valence-corrected chi connectivity index (χ4v) is 3.94. The number of carboxylic acid groups (broad SMARTS) is 2. The first-order chi connectivity index (χ1) is 15.8. The second kappa shape index (κ2) is 11.7. The van der Waals surface area contributed by atoms with Crippen molar-refractivity contribution in [3.05, 3.63) is 33.3 Å². The Morgan fingerprint density at radius 3 is 2.53 bits per heavy atom. The SMILES string of the molecule is CC(C)C[C@H](NC(=O)CNC(=O)c1cc(Cl)ccc1Br)B1OC(=O)CC(CC(=O)O)(C(=O)O)O1. The van der Waals surface area contributed by atoms with Gasteiger partial charge in [-0.3, -0.25) is 19.2 Å². The molecule has 0 aromatic heterocycles. The van der Waals surface area contributed by atoms with Gasteiger partial charge < -0.3 is 30.2 Å². The Kier molecular flexibility index (Phi) is 9.48. The molecule has 1 heterocycles. The van der Waals surface area contributed by atoms with Gasteiger partial charge in [0.2, 0.25) is 5.91 Å². The molecule has 184 valence electrons. The van der Waals surface area contributed by atoms with Crippen LogP contribution in [0, 0.1) is 5.92 Å². The monoisotopic (exact) mass is 560 g/mol. The van der Waals surface area contributed by atoms with Crippen molar-refractivity contribution >= 4 is 64.4 Å². The van der Waals surface area contributed by atoms with Gasteiger partial charge in [0.15, 0.2) is 5.60 Å². The lowest BCUT2D eigenvalue weighted by Crippen LogP contribution is -2.61. The Morgan fingerprint density at radius 1 is 1.26 bits per heavy atom. The number of carbonyl (C=O) groups excluding carboxylic acids is 3. The maximum Gasteiger partial charge on any atom is 0.552 e. The molecule has 2 atom stereocenters. The van der Waals surface area contributed by atoms with Crippen LogP contribution in [0.5, 0.6) is 0 Å². The summed E-state index contributed by atoms with van der Waals surface area (Å²) in [6.07, 6.45) is -1.56. The topological polar surface area (TPSA) is 168 Å². The minimum absolute atomic E-state index is 0.0507. The second-order valence-corrected chi connectivity index (χ2v) is 9.42. The first-order valence-electron chi connectivity index (χ1n) is 10.2. The van der Waals surface area contributed by atoms with E-state index in [2.05, 4.69) is 26.6 Å². The number of carboxylic acids is 2. The number of rotatable bonds is 10. The molecule has 0 spiro atoms. The Balaban J connectivity index is 2.13. The molecular weight excluding hydrogens is 538 g/mol. The second-order valence-electron chi connectivity index (χ2n) is 8.13. The number of aliphatic carboxylic acids is 2. The van der Waals surface area contributed by atoms with Crippen molar-refractivity contribution < 1.29 is 43.5 Å². The van der Waals surface area contributed by atoms with E-state index in [1.165, 1.54) is 6.07 Å². The zero-order chi connectivity index (χ0) is 25.6. The molecule has 34 heavy (non-hydrogen) atoms. The van der Waals surface area contributed by atoms with Crippen molar-refractivity contribution in [1.29, 1.82) is 0 Å². The molecule has 4 N–H and O–H groups in total. The third-order valence-corrected chi connectivity index (χ3v) is 5.76. The van der Waals surface area contributed by atoms with Gasteiger partial charge in [-0.25, -0.2) is 4.79 Å². The number of benzene rings is 1. The van der Waals surface area contributed by atoms with E-state index < -0.39 is 67.8 Å². The standard InChI is InChI=1S/C20H23BBrClN2O9/c1-10(2)5-14(21-33-17(29)8-20(34-21,19(31)32)7-16(27)28)25-15(26)9-24-18(30)12-6-11(23)3-4-13(12)22/h3-4,6,10,14H,5,7-9H2,1-2H3,(H,24,30)(H,25,26)(H,27,28)(H,31,32)/t14-,20?/m0/s1. The van der Waals surface area contributed by atoms with Crippen LogP contribution in [0.3, 0.4) is 0 Å². The summed E-state index contributed by atoms with van der Waals surface area (Å²) in [5, 5.41) is 24.0. The van der Waals surface area contributed by atoms with Crippen LogP contribution in [0.4, 0.5) is 0 Å². The first-order valence-corrected chi connectivity index (χ1v) is 11.3. The molecule has 1 aromatic rings. The van der Waals surface area contributed by atoms with Crippen LogP contribution in [-0.2, 0) is 28.5 Å². The van der Waals surface area contributed by atoms with E-state index in [0.717, 1.165) is 0 Å². The highest BCUT2D eigenvalue weighted by molar-refractivity contribution is 9.10. The molecule has 1 aliphatic heterocycles. The lowest BCUT2D eigenvalue weighted by Gasteiger charge is -2.37. The maximum absolute atomic E-state index is 12.5. The third kappa shape index (κ3) is 7.44. The Bertz CT molecular complexity index is 989. The molecule has 1 unspecified atom stereocenters. The average Bonchev–Trinajstić information content (AvgIpc) is 2.71. The molecule has 1 aromatic carbocycles. The molecule has 14 heteroatoms. The summed E-state index contributed by atoms with van der Waals surface area (Å²) >= 11 is 9.13. The van der Waals surface area contributed by atoms with E-state index in [1.54, 1.807) is 12.1 Å². The van der Waals surface area contributed by atoms with Gasteiger partial charge in [-0.2, -0.15) is 0 Å². The van der Waals surface area contributed by atoms with Crippen LogP contribution < -0.4 is 10.6 Å². The Hall–Kier alpha value is -2.64. The van der Waals surface area contributed by atoms with Gasteiger partial charge >= 0.3 is 19.1 Å². The molecule has 2 amide bonds. The van der Waals surface area contributed by atoms with Crippen LogP contribution in [-0.4, -0.2) is 65.1 Å². The number of hydrogen-bond donors (Lipinski definition) is 4. The van der Waals surface area contributed by atoms with E-state index in [-0.39, 0.29) is 17.9 Å². The quantitative estimate of drug-likeness (QED) is 0.310. The van der Waals surface area contributed by atoms with Gasteiger partial charge in [0.05, 0.1) is 30.9 Å². The van der Waals surface area contributed by atoms with Gasteiger partial charge in [0, 0.05) is 9.50 Å². The summed E-state index contributed by atoms with van der Waals surface area (Å²) in [7, 11) is -1.54. The number of nitrogens with one attached hydrogen (secondary N) is 2. The molecule has 1 fully saturated rings. The molecular formula is C20H23BBrClN2O9. The molecule has 1 aliphatic rings. The van der Waals surface area contributed by atoms with Crippen molar-refractivity contribution in [3.8, 4) is 0 Å². The smallest absolute Gasteiger partial charge is 0.508 e. The third-order valence-electron chi connectivity index (χ3n) is 4.83. The zero-order valence-corrected chi connectivity index (χ0v) is 20.6. The minimum atomic E-state index is -2.33. The van der Waals surface area contributed by atoms with Gasteiger partial charge in [-0.05, 0) is 46.5 Å². The lowest BCUT2D eigenvalue weighted by molar-refractivity contribution is -0.175. The molecule has 0 bridgehead atoms. The average molecular weight is 562 g/mol. The van der Waals surface area contributed by atoms with E-state index in [1.807, 2.05) is 13.8 Å². The van der Waals surface area contributed by atoms with E-state index in [9.17, 15) is 29.1 Å². The highest BCUT2D eigenvalue weighted by atomic mass is 79.9.